The van der Waals surface area contributed by atoms with Crippen molar-refractivity contribution in [3.63, 3.8) is 0 Å². The molecule has 0 aliphatic carbocycles. The van der Waals surface area contributed by atoms with Crippen LogP contribution in [0.3, 0.4) is 0 Å². The van der Waals surface area contributed by atoms with Gasteiger partial charge in [0.05, 0.1) is 12.7 Å². The molecular formula is C10H15N5O3S. The van der Waals surface area contributed by atoms with Gasteiger partial charge in [-0.15, -0.1) is 0 Å². The molecule has 0 fully saturated rings. The van der Waals surface area contributed by atoms with Crippen molar-refractivity contribution in [3.8, 4) is 0 Å². The highest BCUT2D eigenvalue weighted by Gasteiger charge is 2.21. The lowest BCUT2D eigenvalue weighted by Crippen LogP contribution is -2.23. The van der Waals surface area contributed by atoms with Gasteiger partial charge in [0.25, 0.3) is 0 Å². The van der Waals surface area contributed by atoms with E-state index in [-0.39, 0.29) is 17.3 Å². The van der Waals surface area contributed by atoms with Crippen molar-refractivity contribution in [1.29, 1.82) is 0 Å². The monoisotopic (exact) mass is 285 g/mol. The Labute approximate surface area is 110 Å². The van der Waals surface area contributed by atoms with Crippen LogP contribution < -0.4 is 10.5 Å². The van der Waals surface area contributed by atoms with Gasteiger partial charge >= 0.3 is 0 Å². The summed E-state index contributed by atoms with van der Waals surface area (Å²) < 4.78 is 33.1. The van der Waals surface area contributed by atoms with E-state index in [0.717, 1.165) is 0 Å². The lowest BCUT2D eigenvalue weighted by atomic mass is 10.6. The summed E-state index contributed by atoms with van der Waals surface area (Å²) in [4.78, 5) is 3.87. The molecule has 8 nitrogen and oxygen atoms in total. The van der Waals surface area contributed by atoms with Gasteiger partial charge in [0.15, 0.2) is 5.82 Å². The van der Waals surface area contributed by atoms with E-state index in [0.29, 0.717) is 18.2 Å². The molecule has 104 valence electrons. The van der Waals surface area contributed by atoms with E-state index in [1.807, 2.05) is 6.92 Å². The zero-order chi connectivity index (χ0) is 14.0. The fourth-order valence-corrected chi connectivity index (χ4v) is 2.55. The number of anilines is 1. The van der Waals surface area contributed by atoms with Gasteiger partial charge in [0, 0.05) is 12.7 Å². The minimum atomic E-state index is -3.73. The highest BCUT2D eigenvalue weighted by atomic mass is 32.2. The van der Waals surface area contributed by atoms with Crippen molar-refractivity contribution in [2.24, 2.45) is 0 Å². The van der Waals surface area contributed by atoms with Crippen molar-refractivity contribution >= 4 is 15.8 Å². The van der Waals surface area contributed by atoms with Crippen LogP contribution in [0, 0.1) is 6.92 Å². The second kappa shape index (κ2) is 5.02. The molecule has 3 N–H and O–H groups in total. The Morgan fingerprint density at radius 1 is 1.53 bits per heavy atom. The third-order valence-electron chi connectivity index (χ3n) is 2.45. The van der Waals surface area contributed by atoms with Gasteiger partial charge < -0.3 is 10.2 Å². The third kappa shape index (κ3) is 2.93. The number of nitrogens with one attached hydrogen (secondary N) is 1. The largest absolute Gasteiger partial charge is 0.445 e. The SMILES string of the molecule is CCn1cc(S(=O)(=O)NCc2ncc(C)o2)c(N)n1. The quantitative estimate of drug-likeness (QED) is 0.814. The van der Waals surface area contributed by atoms with Gasteiger partial charge in [-0.2, -0.15) is 5.10 Å². The summed E-state index contributed by atoms with van der Waals surface area (Å²) in [6, 6.07) is 0. The topological polar surface area (TPSA) is 116 Å². The molecule has 0 aromatic carbocycles. The molecule has 2 rings (SSSR count). The van der Waals surface area contributed by atoms with Crippen molar-refractivity contribution < 1.29 is 12.8 Å². The molecule has 9 heteroatoms. The number of rotatable bonds is 5. The second-order valence-corrected chi connectivity index (χ2v) is 5.66. The summed E-state index contributed by atoms with van der Waals surface area (Å²) in [6.07, 6.45) is 2.91. The molecule has 19 heavy (non-hydrogen) atoms. The Morgan fingerprint density at radius 3 is 2.79 bits per heavy atom. The fourth-order valence-electron chi connectivity index (χ4n) is 1.50. The molecule has 2 aromatic rings. The highest BCUT2D eigenvalue weighted by molar-refractivity contribution is 7.89. The lowest BCUT2D eigenvalue weighted by Gasteiger charge is -2.02. The van der Waals surface area contributed by atoms with Crippen LogP contribution in [-0.2, 0) is 23.1 Å². The Kier molecular flexibility index (Phi) is 3.58. The summed E-state index contributed by atoms with van der Waals surface area (Å²) in [5.74, 6) is 0.882. The first-order chi connectivity index (χ1) is 8.92. The number of hydrogen-bond acceptors (Lipinski definition) is 6. The van der Waals surface area contributed by atoms with Crippen LogP contribution in [0.1, 0.15) is 18.6 Å². The molecule has 0 spiro atoms. The summed E-state index contributed by atoms with van der Waals surface area (Å²) in [5.41, 5.74) is 5.59. The zero-order valence-corrected chi connectivity index (χ0v) is 11.4. The molecular weight excluding hydrogens is 270 g/mol. The average molecular weight is 285 g/mol. The maximum atomic E-state index is 12.0. The summed E-state index contributed by atoms with van der Waals surface area (Å²) in [5, 5.41) is 3.89. The average Bonchev–Trinajstić information content (AvgIpc) is 2.93. The number of aromatic nitrogens is 3. The first kappa shape index (κ1) is 13.6. The number of hydrogen-bond donors (Lipinski definition) is 2. The molecule has 2 heterocycles. The lowest BCUT2D eigenvalue weighted by molar-refractivity contribution is 0.463. The minimum absolute atomic E-state index is 0.0297. The van der Waals surface area contributed by atoms with E-state index in [1.165, 1.54) is 17.1 Å². The van der Waals surface area contributed by atoms with E-state index < -0.39 is 10.0 Å². The van der Waals surface area contributed by atoms with Crippen LogP contribution in [0.2, 0.25) is 0 Å². The van der Waals surface area contributed by atoms with Gasteiger partial charge in [0.2, 0.25) is 15.9 Å². The number of aryl methyl sites for hydroxylation is 2. The standard InChI is InChI=1S/C10H15N5O3S/c1-3-15-6-8(10(11)14-15)19(16,17)13-5-9-12-4-7(2)18-9/h4,6,13H,3,5H2,1-2H3,(H2,11,14). The molecule has 0 aliphatic heterocycles. The number of nitrogen functional groups attached to an aromatic ring is 1. The Morgan fingerprint density at radius 2 is 2.26 bits per heavy atom. The maximum absolute atomic E-state index is 12.0. The fraction of sp³-hybridized carbons (Fsp3) is 0.400. The predicted octanol–water partition coefficient (Wildman–Crippen LogP) is 0.260. The predicted molar refractivity (Wildman–Crippen MR) is 67.6 cm³/mol. The van der Waals surface area contributed by atoms with Crippen LogP contribution in [-0.4, -0.2) is 23.2 Å². The molecule has 0 amide bonds. The van der Waals surface area contributed by atoms with E-state index in [2.05, 4.69) is 14.8 Å². The molecule has 0 aliphatic rings. The normalized spacial score (nSPS) is 11.9. The van der Waals surface area contributed by atoms with Crippen molar-refractivity contribution in [2.75, 3.05) is 5.73 Å². The van der Waals surface area contributed by atoms with Crippen LogP contribution in [0.25, 0.3) is 0 Å². The van der Waals surface area contributed by atoms with Gasteiger partial charge in [-0.1, -0.05) is 0 Å². The Bertz CT molecular complexity index is 673. The minimum Gasteiger partial charge on any atom is -0.445 e. The Hall–Kier alpha value is -1.87. The van der Waals surface area contributed by atoms with Gasteiger partial charge in [0.1, 0.15) is 10.7 Å². The molecule has 0 bridgehead atoms. The van der Waals surface area contributed by atoms with Crippen LogP contribution in [0.5, 0.6) is 0 Å². The van der Waals surface area contributed by atoms with E-state index in [1.54, 1.807) is 6.92 Å². The summed E-state index contributed by atoms with van der Waals surface area (Å²) >= 11 is 0. The van der Waals surface area contributed by atoms with E-state index in [9.17, 15) is 8.42 Å². The molecule has 0 unspecified atom stereocenters. The molecule has 0 saturated heterocycles. The maximum Gasteiger partial charge on any atom is 0.246 e. The Balaban J connectivity index is 2.15. The number of nitrogens with two attached hydrogens (primary N) is 1. The first-order valence-electron chi connectivity index (χ1n) is 5.66. The number of oxazole rings is 1. The summed E-state index contributed by atoms with van der Waals surface area (Å²) in [6.45, 7) is 4.08. The van der Waals surface area contributed by atoms with Crippen LogP contribution in [0.15, 0.2) is 21.7 Å². The molecule has 2 aromatic heterocycles. The van der Waals surface area contributed by atoms with Crippen LogP contribution >= 0.6 is 0 Å². The third-order valence-corrected chi connectivity index (χ3v) is 3.87. The summed E-state index contributed by atoms with van der Waals surface area (Å²) in [7, 11) is -3.73. The molecule has 0 radical (unpaired) electrons. The van der Waals surface area contributed by atoms with Gasteiger partial charge in [-0.25, -0.2) is 18.1 Å². The second-order valence-electron chi connectivity index (χ2n) is 3.92. The zero-order valence-electron chi connectivity index (χ0n) is 10.6. The van der Waals surface area contributed by atoms with Crippen molar-refractivity contribution in [1.82, 2.24) is 19.5 Å². The van der Waals surface area contributed by atoms with Gasteiger partial charge in [-0.3, -0.25) is 4.68 Å². The van der Waals surface area contributed by atoms with Gasteiger partial charge in [-0.05, 0) is 13.8 Å². The smallest absolute Gasteiger partial charge is 0.246 e. The number of sulfonamides is 1. The molecule has 0 atom stereocenters. The molecule has 0 saturated carbocycles. The van der Waals surface area contributed by atoms with E-state index >= 15 is 0 Å². The number of nitrogens with zero attached hydrogens (tertiary/aromatic N) is 3. The first-order valence-corrected chi connectivity index (χ1v) is 7.14. The highest BCUT2D eigenvalue weighted by Crippen LogP contribution is 2.16. The van der Waals surface area contributed by atoms with Crippen molar-refractivity contribution in [2.45, 2.75) is 31.8 Å². The van der Waals surface area contributed by atoms with E-state index in [4.69, 9.17) is 10.2 Å². The van der Waals surface area contributed by atoms with Crippen molar-refractivity contribution in [3.05, 3.63) is 24.0 Å². The van der Waals surface area contributed by atoms with Crippen LogP contribution in [0.4, 0.5) is 5.82 Å².